The lowest BCUT2D eigenvalue weighted by atomic mass is 9.97. The van der Waals surface area contributed by atoms with Crippen molar-refractivity contribution in [1.29, 1.82) is 0 Å². The van der Waals surface area contributed by atoms with Crippen LogP contribution in [0.25, 0.3) is 0 Å². The van der Waals surface area contributed by atoms with Crippen molar-refractivity contribution in [2.75, 3.05) is 6.54 Å². The van der Waals surface area contributed by atoms with Crippen molar-refractivity contribution in [2.24, 2.45) is 5.92 Å². The summed E-state index contributed by atoms with van der Waals surface area (Å²) < 4.78 is 0. The second-order valence-electron chi connectivity index (χ2n) is 4.40. The van der Waals surface area contributed by atoms with Crippen LogP contribution >= 0.6 is 0 Å². The molecule has 0 aromatic carbocycles. The van der Waals surface area contributed by atoms with Gasteiger partial charge >= 0.3 is 0 Å². The van der Waals surface area contributed by atoms with Crippen LogP contribution in [-0.2, 0) is 4.79 Å². The molecule has 1 fully saturated rings. The Morgan fingerprint density at radius 2 is 2.14 bits per heavy atom. The third kappa shape index (κ3) is 2.49. The lowest BCUT2D eigenvalue weighted by molar-refractivity contribution is -0.138. The SMILES string of the molecule is CC[C@@H]1CCCCN1C(=O)[C@H](C)CC. The summed E-state index contributed by atoms with van der Waals surface area (Å²) in [6.07, 6.45) is 5.77. The Morgan fingerprint density at radius 1 is 1.43 bits per heavy atom. The molecular weight excluding hydrogens is 174 g/mol. The number of rotatable bonds is 3. The molecule has 0 aromatic rings. The van der Waals surface area contributed by atoms with Crippen molar-refractivity contribution in [2.45, 2.75) is 58.9 Å². The van der Waals surface area contributed by atoms with Crippen LogP contribution in [0, 0.1) is 5.92 Å². The summed E-state index contributed by atoms with van der Waals surface area (Å²) in [5.74, 6) is 0.584. The third-order valence-electron chi connectivity index (χ3n) is 3.42. The number of hydrogen-bond donors (Lipinski definition) is 0. The van der Waals surface area contributed by atoms with E-state index in [-0.39, 0.29) is 5.92 Å². The molecule has 0 spiro atoms. The topological polar surface area (TPSA) is 20.3 Å². The summed E-state index contributed by atoms with van der Waals surface area (Å²) in [4.78, 5) is 14.1. The molecule has 0 aromatic heterocycles. The predicted molar refractivity (Wildman–Crippen MR) is 59.1 cm³/mol. The van der Waals surface area contributed by atoms with Gasteiger partial charge < -0.3 is 4.90 Å². The molecule has 0 aliphatic carbocycles. The average Bonchev–Trinajstić information content (AvgIpc) is 2.26. The van der Waals surface area contributed by atoms with Crippen LogP contribution in [0.2, 0.25) is 0 Å². The van der Waals surface area contributed by atoms with Crippen LogP contribution in [0.3, 0.4) is 0 Å². The second kappa shape index (κ2) is 5.38. The number of piperidine rings is 1. The lowest BCUT2D eigenvalue weighted by Crippen LogP contribution is -2.45. The van der Waals surface area contributed by atoms with Gasteiger partial charge in [0.05, 0.1) is 0 Å². The molecule has 0 N–H and O–H groups in total. The van der Waals surface area contributed by atoms with Crippen LogP contribution < -0.4 is 0 Å². The zero-order chi connectivity index (χ0) is 10.6. The van der Waals surface area contributed by atoms with Gasteiger partial charge in [-0.05, 0) is 32.1 Å². The van der Waals surface area contributed by atoms with E-state index >= 15 is 0 Å². The largest absolute Gasteiger partial charge is 0.340 e. The molecule has 0 saturated carbocycles. The Kier molecular flexibility index (Phi) is 4.43. The van der Waals surface area contributed by atoms with Gasteiger partial charge in [0, 0.05) is 18.5 Å². The zero-order valence-electron chi connectivity index (χ0n) is 9.75. The molecule has 1 saturated heterocycles. The standard InChI is InChI=1S/C12H23NO/c1-4-10(3)12(14)13-9-7-6-8-11(13)5-2/h10-11H,4-9H2,1-3H3/t10-,11-/m1/s1. The van der Waals surface area contributed by atoms with Crippen molar-refractivity contribution < 1.29 is 4.79 Å². The molecule has 0 bridgehead atoms. The van der Waals surface area contributed by atoms with E-state index in [1.54, 1.807) is 0 Å². The monoisotopic (exact) mass is 197 g/mol. The van der Waals surface area contributed by atoms with E-state index in [1.807, 2.05) is 6.92 Å². The summed E-state index contributed by atoms with van der Waals surface area (Å²) in [5.41, 5.74) is 0. The summed E-state index contributed by atoms with van der Waals surface area (Å²) in [6.45, 7) is 7.31. The van der Waals surface area contributed by atoms with Gasteiger partial charge in [-0.15, -0.1) is 0 Å². The number of hydrogen-bond acceptors (Lipinski definition) is 1. The molecule has 2 nitrogen and oxygen atoms in total. The first kappa shape index (κ1) is 11.5. The van der Waals surface area contributed by atoms with Crippen molar-refractivity contribution in [1.82, 2.24) is 4.90 Å². The molecule has 2 atom stereocenters. The number of nitrogens with zero attached hydrogens (tertiary/aromatic N) is 1. The molecule has 1 rings (SSSR count). The highest BCUT2D eigenvalue weighted by Gasteiger charge is 2.27. The Bertz CT molecular complexity index is 191. The minimum Gasteiger partial charge on any atom is -0.340 e. The number of carbonyl (C=O) groups excluding carboxylic acids is 1. The highest BCUT2D eigenvalue weighted by Crippen LogP contribution is 2.22. The Labute approximate surface area is 87.7 Å². The van der Waals surface area contributed by atoms with Crippen LogP contribution in [0.1, 0.15) is 52.9 Å². The van der Waals surface area contributed by atoms with E-state index < -0.39 is 0 Å². The molecule has 1 amide bonds. The maximum atomic E-state index is 12.0. The number of carbonyl (C=O) groups is 1. The molecule has 2 heteroatoms. The molecule has 14 heavy (non-hydrogen) atoms. The molecule has 82 valence electrons. The van der Waals surface area contributed by atoms with Gasteiger partial charge in [-0.3, -0.25) is 4.79 Å². The summed E-state index contributed by atoms with van der Waals surface area (Å²) in [7, 11) is 0. The van der Waals surface area contributed by atoms with Gasteiger partial charge in [0.25, 0.3) is 0 Å². The number of likely N-dealkylation sites (tertiary alicyclic amines) is 1. The Balaban J connectivity index is 2.58. The fourth-order valence-electron chi connectivity index (χ4n) is 2.17. The summed E-state index contributed by atoms with van der Waals surface area (Å²) in [6, 6.07) is 0.519. The van der Waals surface area contributed by atoms with Crippen LogP contribution in [0.15, 0.2) is 0 Å². The third-order valence-corrected chi connectivity index (χ3v) is 3.42. The van der Waals surface area contributed by atoms with Gasteiger partial charge in [-0.1, -0.05) is 20.8 Å². The van der Waals surface area contributed by atoms with Crippen molar-refractivity contribution >= 4 is 5.91 Å². The predicted octanol–water partition coefficient (Wildman–Crippen LogP) is 2.82. The highest BCUT2D eigenvalue weighted by atomic mass is 16.2. The first-order valence-corrected chi connectivity index (χ1v) is 6.01. The minimum atomic E-state index is 0.210. The first-order chi connectivity index (χ1) is 6.70. The Morgan fingerprint density at radius 3 is 2.71 bits per heavy atom. The maximum Gasteiger partial charge on any atom is 0.225 e. The molecule has 0 unspecified atom stereocenters. The van der Waals surface area contributed by atoms with E-state index in [1.165, 1.54) is 19.3 Å². The highest BCUT2D eigenvalue weighted by molar-refractivity contribution is 5.78. The van der Waals surface area contributed by atoms with Crippen molar-refractivity contribution in [3.05, 3.63) is 0 Å². The average molecular weight is 197 g/mol. The number of amides is 1. The van der Waals surface area contributed by atoms with E-state index in [9.17, 15) is 4.79 Å². The Hall–Kier alpha value is -0.530. The maximum absolute atomic E-state index is 12.0. The molecule has 1 aliphatic heterocycles. The smallest absolute Gasteiger partial charge is 0.225 e. The second-order valence-corrected chi connectivity index (χ2v) is 4.40. The van der Waals surface area contributed by atoms with Crippen LogP contribution in [0.5, 0.6) is 0 Å². The zero-order valence-corrected chi connectivity index (χ0v) is 9.75. The van der Waals surface area contributed by atoms with E-state index in [0.29, 0.717) is 11.9 Å². The summed E-state index contributed by atoms with van der Waals surface area (Å²) in [5, 5.41) is 0. The van der Waals surface area contributed by atoms with Crippen LogP contribution in [0.4, 0.5) is 0 Å². The fourth-order valence-corrected chi connectivity index (χ4v) is 2.17. The van der Waals surface area contributed by atoms with Gasteiger partial charge in [0.15, 0.2) is 0 Å². The summed E-state index contributed by atoms with van der Waals surface area (Å²) >= 11 is 0. The van der Waals surface area contributed by atoms with Gasteiger partial charge in [-0.2, -0.15) is 0 Å². The lowest BCUT2D eigenvalue weighted by Gasteiger charge is -2.36. The molecule has 1 heterocycles. The first-order valence-electron chi connectivity index (χ1n) is 6.01. The van der Waals surface area contributed by atoms with E-state index in [0.717, 1.165) is 19.4 Å². The molecule has 0 radical (unpaired) electrons. The van der Waals surface area contributed by atoms with E-state index in [2.05, 4.69) is 18.7 Å². The normalized spacial score (nSPS) is 24.8. The van der Waals surface area contributed by atoms with Gasteiger partial charge in [0.1, 0.15) is 0 Å². The minimum absolute atomic E-state index is 0.210. The molecular formula is C12H23NO. The van der Waals surface area contributed by atoms with E-state index in [4.69, 9.17) is 0 Å². The van der Waals surface area contributed by atoms with Crippen molar-refractivity contribution in [3.8, 4) is 0 Å². The van der Waals surface area contributed by atoms with Gasteiger partial charge in [0.2, 0.25) is 5.91 Å². The molecule has 1 aliphatic rings. The van der Waals surface area contributed by atoms with Crippen LogP contribution in [-0.4, -0.2) is 23.4 Å². The van der Waals surface area contributed by atoms with Gasteiger partial charge in [-0.25, -0.2) is 0 Å². The van der Waals surface area contributed by atoms with Crippen molar-refractivity contribution in [3.63, 3.8) is 0 Å². The quantitative estimate of drug-likeness (QED) is 0.681. The fraction of sp³-hybridized carbons (Fsp3) is 0.917.